The van der Waals surface area contributed by atoms with Crippen molar-refractivity contribution >= 4 is 5.97 Å². The Hall–Kier alpha value is -1.55. The summed E-state index contributed by atoms with van der Waals surface area (Å²) in [7, 11) is 0. The monoisotopic (exact) mass is 263 g/mol. The van der Waals surface area contributed by atoms with Crippen LogP contribution in [0.1, 0.15) is 44.2 Å². The van der Waals surface area contributed by atoms with E-state index in [-0.39, 0.29) is 18.2 Å². The topological polar surface area (TPSA) is 60.8 Å². The fourth-order valence-corrected chi connectivity index (χ4v) is 2.58. The number of rotatable bonds is 7. The minimum Gasteiger partial charge on any atom is -0.508 e. The molecule has 0 aliphatic heterocycles. The molecule has 0 amide bonds. The van der Waals surface area contributed by atoms with Gasteiger partial charge in [-0.1, -0.05) is 19.1 Å². The summed E-state index contributed by atoms with van der Waals surface area (Å²) in [5, 5.41) is 18.2. The van der Waals surface area contributed by atoms with Gasteiger partial charge < -0.3 is 10.2 Å². The predicted octanol–water partition coefficient (Wildman–Crippen LogP) is 2.78. The van der Waals surface area contributed by atoms with Gasteiger partial charge in [-0.15, -0.1) is 0 Å². The van der Waals surface area contributed by atoms with Crippen LogP contribution >= 0.6 is 0 Å². The number of hydrogen-bond acceptors (Lipinski definition) is 3. The molecule has 2 rings (SSSR count). The first-order valence-corrected chi connectivity index (χ1v) is 6.88. The fraction of sp³-hybridized carbons (Fsp3) is 0.533. The Labute approximate surface area is 113 Å². The van der Waals surface area contributed by atoms with Crippen LogP contribution in [0.25, 0.3) is 0 Å². The molecule has 0 radical (unpaired) electrons. The highest BCUT2D eigenvalue weighted by molar-refractivity contribution is 5.66. The van der Waals surface area contributed by atoms with Crippen LogP contribution in [0.15, 0.2) is 24.3 Å². The van der Waals surface area contributed by atoms with Crippen molar-refractivity contribution < 1.29 is 15.0 Å². The molecule has 1 aliphatic rings. The number of aliphatic carboxylic acids is 1. The second-order valence-electron chi connectivity index (χ2n) is 5.13. The van der Waals surface area contributed by atoms with E-state index in [1.807, 2.05) is 12.1 Å². The SMILES string of the molecule is CCC(c1ccc(O)cc1)N(CCC(=O)O)C1CC1. The number of carboxylic acids is 1. The van der Waals surface area contributed by atoms with E-state index < -0.39 is 5.97 Å². The van der Waals surface area contributed by atoms with E-state index >= 15 is 0 Å². The van der Waals surface area contributed by atoms with Gasteiger partial charge in [0, 0.05) is 18.6 Å². The third-order valence-electron chi connectivity index (χ3n) is 3.66. The van der Waals surface area contributed by atoms with Gasteiger partial charge in [0.25, 0.3) is 0 Å². The quantitative estimate of drug-likeness (QED) is 0.794. The Morgan fingerprint density at radius 2 is 2.00 bits per heavy atom. The minimum absolute atomic E-state index is 0.186. The molecule has 1 saturated carbocycles. The molecule has 0 spiro atoms. The van der Waals surface area contributed by atoms with E-state index in [4.69, 9.17) is 5.11 Å². The van der Waals surface area contributed by atoms with E-state index in [1.165, 1.54) is 0 Å². The Morgan fingerprint density at radius 1 is 1.37 bits per heavy atom. The van der Waals surface area contributed by atoms with E-state index in [0.717, 1.165) is 24.8 Å². The van der Waals surface area contributed by atoms with E-state index in [2.05, 4.69) is 11.8 Å². The van der Waals surface area contributed by atoms with Crippen molar-refractivity contribution in [3.63, 3.8) is 0 Å². The zero-order valence-corrected chi connectivity index (χ0v) is 11.2. The molecular weight excluding hydrogens is 242 g/mol. The summed E-state index contributed by atoms with van der Waals surface area (Å²) in [5.74, 6) is -0.478. The Kier molecular flexibility index (Phi) is 4.43. The maximum absolute atomic E-state index is 10.8. The zero-order chi connectivity index (χ0) is 13.8. The molecule has 0 saturated heterocycles. The van der Waals surface area contributed by atoms with Crippen LogP contribution in [0.3, 0.4) is 0 Å². The molecule has 1 aliphatic carbocycles. The first-order chi connectivity index (χ1) is 9.11. The van der Waals surface area contributed by atoms with Crippen molar-refractivity contribution in [1.29, 1.82) is 0 Å². The summed E-state index contributed by atoms with van der Waals surface area (Å²) in [6, 6.07) is 8.02. The lowest BCUT2D eigenvalue weighted by Gasteiger charge is -2.31. The Bertz CT molecular complexity index is 426. The van der Waals surface area contributed by atoms with Crippen LogP contribution < -0.4 is 0 Å². The van der Waals surface area contributed by atoms with Gasteiger partial charge in [-0.25, -0.2) is 0 Å². The molecule has 4 nitrogen and oxygen atoms in total. The summed E-state index contributed by atoms with van der Waals surface area (Å²) in [6.07, 6.45) is 3.45. The van der Waals surface area contributed by atoms with Gasteiger partial charge in [-0.05, 0) is 37.0 Å². The molecule has 104 valence electrons. The van der Waals surface area contributed by atoms with Crippen molar-refractivity contribution in [2.45, 2.75) is 44.7 Å². The van der Waals surface area contributed by atoms with Crippen LogP contribution in [0, 0.1) is 0 Å². The highest BCUT2D eigenvalue weighted by Gasteiger charge is 2.33. The molecule has 1 fully saturated rings. The fourth-order valence-electron chi connectivity index (χ4n) is 2.58. The predicted molar refractivity (Wildman–Crippen MR) is 73.1 cm³/mol. The minimum atomic E-state index is -0.744. The van der Waals surface area contributed by atoms with Crippen molar-refractivity contribution in [2.75, 3.05) is 6.54 Å². The highest BCUT2D eigenvalue weighted by atomic mass is 16.4. The van der Waals surface area contributed by atoms with E-state index in [9.17, 15) is 9.90 Å². The molecule has 4 heteroatoms. The van der Waals surface area contributed by atoms with Gasteiger partial charge >= 0.3 is 5.97 Å². The Balaban J connectivity index is 2.12. The average Bonchev–Trinajstić information content (AvgIpc) is 3.20. The maximum atomic E-state index is 10.8. The summed E-state index contributed by atoms with van der Waals surface area (Å²) in [5.41, 5.74) is 1.15. The summed E-state index contributed by atoms with van der Waals surface area (Å²) in [6.45, 7) is 2.72. The van der Waals surface area contributed by atoms with Crippen LogP contribution in [-0.4, -0.2) is 33.7 Å². The summed E-state index contributed by atoms with van der Waals surface area (Å²) < 4.78 is 0. The number of aromatic hydroxyl groups is 1. The number of hydrogen-bond donors (Lipinski definition) is 2. The third kappa shape index (κ3) is 3.70. The van der Waals surface area contributed by atoms with Gasteiger partial charge in [0.1, 0.15) is 5.75 Å². The van der Waals surface area contributed by atoms with Crippen LogP contribution in [0.4, 0.5) is 0 Å². The standard InChI is InChI=1S/C15H21NO3/c1-2-14(11-3-7-13(17)8-4-11)16(12-5-6-12)10-9-15(18)19/h3-4,7-8,12,14,17H,2,5-6,9-10H2,1H3,(H,18,19). The summed E-state index contributed by atoms with van der Waals surface area (Å²) >= 11 is 0. The van der Waals surface area contributed by atoms with E-state index in [1.54, 1.807) is 12.1 Å². The second-order valence-corrected chi connectivity index (χ2v) is 5.13. The zero-order valence-electron chi connectivity index (χ0n) is 11.2. The van der Waals surface area contributed by atoms with Crippen LogP contribution in [0.2, 0.25) is 0 Å². The van der Waals surface area contributed by atoms with E-state index in [0.29, 0.717) is 12.6 Å². The first kappa shape index (κ1) is 13.9. The number of benzene rings is 1. The molecule has 0 aromatic heterocycles. The number of phenolic OH excluding ortho intramolecular Hbond substituents is 1. The molecular formula is C15H21NO3. The number of carbonyl (C=O) groups is 1. The van der Waals surface area contributed by atoms with Crippen molar-refractivity contribution in [1.82, 2.24) is 4.90 Å². The Morgan fingerprint density at radius 3 is 2.47 bits per heavy atom. The molecule has 1 atom stereocenters. The largest absolute Gasteiger partial charge is 0.508 e. The lowest BCUT2D eigenvalue weighted by Crippen LogP contribution is -2.32. The van der Waals surface area contributed by atoms with Crippen LogP contribution in [0.5, 0.6) is 5.75 Å². The van der Waals surface area contributed by atoms with Gasteiger partial charge in [-0.3, -0.25) is 9.69 Å². The molecule has 19 heavy (non-hydrogen) atoms. The number of phenols is 1. The summed E-state index contributed by atoms with van der Waals surface area (Å²) in [4.78, 5) is 13.1. The molecule has 2 N–H and O–H groups in total. The molecule has 0 heterocycles. The van der Waals surface area contributed by atoms with Gasteiger partial charge in [-0.2, -0.15) is 0 Å². The first-order valence-electron chi connectivity index (χ1n) is 6.88. The number of nitrogens with zero attached hydrogens (tertiary/aromatic N) is 1. The van der Waals surface area contributed by atoms with Crippen molar-refractivity contribution in [3.8, 4) is 5.75 Å². The maximum Gasteiger partial charge on any atom is 0.304 e. The highest BCUT2D eigenvalue weighted by Crippen LogP contribution is 2.36. The van der Waals surface area contributed by atoms with Gasteiger partial charge in [0.05, 0.1) is 6.42 Å². The molecule has 0 bridgehead atoms. The average molecular weight is 263 g/mol. The van der Waals surface area contributed by atoms with Crippen molar-refractivity contribution in [3.05, 3.63) is 29.8 Å². The lowest BCUT2D eigenvalue weighted by molar-refractivity contribution is -0.137. The smallest absolute Gasteiger partial charge is 0.304 e. The van der Waals surface area contributed by atoms with Gasteiger partial charge in [0.15, 0.2) is 0 Å². The van der Waals surface area contributed by atoms with Crippen LogP contribution in [-0.2, 0) is 4.79 Å². The molecule has 1 aromatic carbocycles. The molecule has 1 unspecified atom stereocenters. The normalized spacial score (nSPS) is 16.5. The number of carboxylic acid groups (broad SMARTS) is 1. The van der Waals surface area contributed by atoms with Crippen molar-refractivity contribution in [2.24, 2.45) is 0 Å². The lowest BCUT2D eigenvalue weighted by atomic mass is 10.0. The second kappa shape index (κ2) is 6.06. The third-order valence-corrected chi connectivity index (χ3v) is 3.66. The van der Waals surface area contributed by atoms with Gasteiger partial charge in [0.2, 0.25) is 0 Å². The molecule has 1 aromatic rings.